The van der Waals surface area contributed by atoms with Gasteiger partial charge in [-0.05, 0) is 19.4 Å². The Balaban J connectivity index is 2.07. The number of methoxy groups -OCH3 is 1. The van der Waals surface area contributed by atoms with Gasteiger partial charge in [-0.25, -0.2) is 4.39 Å². The van der Waals surface area contributed by atoms with Crippen molar-refractivity contribution in [3.63, 3.8) is 0 Å². The third-order valence-electron chi connectivity index (χ3n) is 3.53. The fourth-order valence-electron chi connectivity index (χ4n) is 2.63. The van der Waals surface area contributed by atoms with Crippen LogP contribution in [0.25, 0.3) is 0 Å². The first-order valence-corrected chi connectivity index (χ1v) is 6.18. The van der Waals surface area contributed by atoms with E-state index >= 15 is 0 Å². The normalized spacial score (nSPS) is 22.0. The Kier molecular flexibility index (Phi) is 2.99. The van der Waals surface area contributed by atoms with Gasteiger partial charge in [0.1, 0.15) is 0 Å². The van der Waals surface area contributed by atoms with Gasteiger partial charge >= 0.3 is 0 Å². The molecule has 0 spiro atoms. The monoisotopic (exact) mass is 253 g/mol. The lowest BCUT2D eigenvalue weighted by molar-refractivity contribution is 0.172. The number of fused-ring (bicyclic) bond motifs is 1. The van der Waals surface area contributed by atoms with Crippen molar-refractivity contribution in [1.29, 1.82) is 0 Å². The van der Waals surface area contributed by atoms with Crippen LogP contribution < -0.4 is 19.5 Å². The molecule has 0 bridgehead atoms. The Morgan fingerprint density at radius 1 is 1.44 bits per heavy atom. The number of rotatable bonds is 2. The molecule has 3 rings (SSSR count). The Morgan fingerprint density at radius 3 is 3.06 bits per heavy atom. The first kappa shape index (κ1) is 11.6. The van der Waals surface area contributed by atoms with E-state index < -0.39 is 0 Å². The van der Waals surface area contributed by atoms with Crippen LogP contribution in [0.1, 0.15) is 24.3 Å². The first-order valence-electron chi connectivity index (χ1n) is 6.18. The van der Waals surface area contributed by atoms with E-state index in [1.165, 1.54) is 7.11 Å². The minimum Gasteiger partial charge on any atom is -0.494 e. The molecular weight excluding hydrogens is 237 g/mol. The lowest BCUT2D eigenvalue weighted by Gasteiger charge is -2.25. The average Bonchev–Trinajstić information content (AvgIpc) is 2.86. The maximum absolute atomic E-state index is 14.4. The van der Waals surface area contributed by atoms with Gasteiger partial charge in [-0.3, -0.25) is 0 Å². The molecule has 1 aromatic carbocycles. The molecule has 98 valence electrons. The van der Waals surface area contributed by atoms with Gasteiger partial charge in [0.2, 0.25) is 6.79 Å². The van der Waals surface area contributed by atoms with E-state index in [-0.39, 0.29) is 24.3 Å². The van der Waals surface area contributed by atoms with Crippen molar-refractivity contribution < 1.29 is 18.6 Å². The number of benzene rings is 1. The van der Waals surface area contributed by atoms with Crippen LogP contribution in [-0.4, -0.2) is 27.0 Å². The highest BCUT2D eigenvalue weighted by Gasteiger charge is 2.30. The largest absolute Gasteiger partial charge is 0.494 e. The second-order valence-electron chi connectivity index (χ2n) is 4.58. The standard InChI is InChI=1S/C13H16FNO3/c1-16-9-5-10-13(18-7-17-10)11(12(9)14)8-3-2-4-15-6-8/h5,8,15H,2-4,6-7H2,1H3. The topological polar surface area (TPSA) is 39.7 Å². The molecule has 18 heavy (non-hydrogen) atoms. The van der Waals surface area contributed by atoms with Crippen molar-refractivity contribution in [2.45, 2.75) is 18.8 Å². The third kappa shape index (κ3) is 1.79. The zero-order valence-electron chi connectivity index (χ0n) is 10.3. The Bertz CT molecular complexity index is 457. The SMILES string of the molecule is COc1cc2c(c(C3CCCNC3)c1F)OCO2. The number of halogens is 1. The minimum absolute atomic E-state index is 0.115. The Labute approximate surface area is 105 Å². The highest BCUT2D eigenvalue weighted by molar-refractivity contribution is 5.55. The zero-order valence-corrected chi connectivity index (χ0v) is 10.3. The van der Waals surface area contributed by atoms with Crippen molar-refractivity contribution in [1.82, 2.24) is 5.32 Å². The summed E-state index contributed by atoms with van der Waals surface area (Å²) in [6.07, 6.45) is 1.99. The van der Waals surface area contributed by atoms with Crippen molar-refractivity contribution in [2.75, 3.05) is 27.0 Å². The molecule has 1 saturated heterocycles. The summed E-state index contributed by atoms with van der Waals surface area (Å²) in [5.74, 6) is 1.13. The highest BCUT2D eigenvalue weighted by atomic mass is 19.1. The summed E-state index contributed by atoms with van der Waals surface area (Å²) in [4.78, 5) is 0. The molecule has 0 aliphatic carbocycles. The molecule has 1 unspecified atom stereocenters. The van der Waals surface area contributed by atoms with E-state index in [4.69, 9.17) is 14.2 Å². The lowest BCUT2D eigenvalue weighted by atomic mass is 9.90. The Morgan fingerprint density at radius 2 is 2.33 bits per heavy atom. The van der Waals surface area contributed by atoms with Gasteiger partial charge in [0, 0.05) is 24.1 Å². The quantitative estimate of drug-likeness (QED) is 0.875. The maximum atomic E-state index is 14.4. The van der Waals surface area contributed by atoms with Gasteiger partial charge in [-0.15, -0.1) is 0 Å². The summed E-state index contributed by atoms with van der Waals surface area (Å²) in [5, 5.41) is 3.29. The summed E-state index contributed by atoms with van der Waals surface area (Å²) < 4.78 is 30.3. The molecule has 1 fully saturated rings. The minimum atomic E-state index is -0.324. The summed E-state index contributed by atoms with van der Waals surface area (Å²) in [6, 6.07) is 1.55. The number of hydrogen-bond acceptors (Lipinski definition) is 4. The van der Waals surface area contributed by atoms with Crippen molar-refractivity contribution in [3.8, 4) is 17.2 Å². The Hall–Kier alpha value is -1.49. The van der Waals surface area contributed by atoms with E-state index in [1.807, 2.05) is 0 Å². The molecule has 5 heteroatoms. The van der Waals surface area contributed by atoms with E-state index in [9.17, 15) is 4.39 Å². The van der Waals surface area contributed by atoms with Crippen LogP contribution in [0.15, 0.2) is 6.07 Å². The molecule has 2 aliphatic heterocycles. The van der Waals surface area contributed by atoms with Crippen molar-refractivity contribution in [3.05, 3.63) is 17.4 Å². The van der Waals surface area contributed by atoms with Gasteiger partial charge in [-0.1, -0.05) is 0 Å². The molecule has 2 heterocycles. The molecule has 0 amide bonds. The molecule has 4 nitrogen and oxygen atoms in total. The van der Waals surface area contributed by atoms with Crippen LogP contribution in [0.3, 0.4) is 0 Å². The van der Waals surface area contributed by atoms with E-state index in [1.54, 1.807) is 6.07 Å². The molecular formula is C13H16FNO3. The van der Waals surface area contributed by atoms with Crippen LogP contribution in [0.2, 0.25) is 0 Å². The van der Waals surface area contributed by atoms with Gasteiger partial charge in [0.05, 0.1) is 7.11 Å². The lowest BCUT2D eigenvalue weighted by Crippen LogP contribution is -2.29. The second-order valence-corrected chi connectivity index (χ2v) is 4.58. The summed E-state index contributed by atoms with van der Waals surface area (Å²) >= 11 is 0. The fourth-order valence-corrected chi connectivity index (χ4v) is 2.63. The molecule has 1 N–H and O–H groups in total. The average molecular weight is 253 g/mol. The molecule has 2 aliphatic rings. The van der Waals surface area contributed by atoms with Crippen LogP contribution in [-0.2, 0) is 0 Å². The molecule has 0 aromatic heterocycles. The van der Waals surface area contributed by atoms with Gasteiger partial charge in [0.15, 0.2) is 23.1 Å². The van der Waals surface area contributed by atoms with E-state index in [2.05, 4.69) is 5.32 Å². The second kappa shape index (κ2) is 4.65. The molecule has 1 aromatic rings. The van der Waals surface area contributed by atoms with Crippen LogP contribution in [0.4, 0.5) is 4.39 Å². The van der Waals surface area contributed by atoms with Crippen LogP contribution in [0, 0.1) is 5.82 Å². The van der Waals surface area contributed by atoms with Gasteiger partial charge in [0.25, 0.3) is 0 Å². The van der Waals surface area contributed by atoms with Crippen molar-refractivity contribution in [2.24, 2.45) is 0 Å². The predicted octanol–water partition coefficient (Wildman–Crippen LogP) is 2.03. The number of piperidine rings is 1. The maximum Gasteiger partial charge on any atom is 0.231 e. The number of hydrogen-bond donors (Lipinski definition) is 1. The summed E-state index contributed by atoms with van der Waals surface area (Å²) in [7, 11) is 1.46. The van der Waals surface area contributed by atoms with Gasteiger partial charge in [-0.2, -0.15) is 0 Å². The molecule has 0 saturated carbocycles. The fraction of sp³-hybridized carbons (Fsp3) is 0.538. The van der Waals surface area contributed by atoms with E-state index in [0.717, 1.165) is 25.9 Å². The van der Waals surface area contributed by atoms with E-state index in [0.29, 0.717) is 17.1 Å². The summed E-state index contributed by atoms with van der Waals surface area (Å²) in [5.41, 5.74) is 0.592. The smallest absolute Gasteiger partial charge is 0.231 e. The first-order chi connectivity index (χ1) is 8.81. The third-order valence-corrected chi connectivity index (χ3v) is 3.53. The van der Waals surface area contributed by atoms with Crippen LogP contribution in [0.5, 0.6) is 17.2 Å². The number of ether oxygens (including phenoxy) is 3. The summed E-state index contributed by atoms with van der Waals surface area (Å²) in [6.45, 7) is 1.90. The number of nitrogens with one attached hydrogen (secondary N) is 1. The van der Waals surface area contributed by atoms with Gasteiger partial charge < -0.3 is 19.5 Å². The van der Waals surface area contributed by atoms with Crippen LogP contribution >= 0.6 is 0 Å². The van der Waals surface area contributed by atoms with Crippen molar-refractivity contribution >= 4 is 0 Å². The zero-order chi connectivity index (χ0) is 12.5. The molecule has 0 radical (unpaired) electrons. The molecule has 1 atom stereocenters. The predicted molar refractivity (Wildman–Crippen MR) is 63.9 cm³/mol. The highest BCUT2D eigenvalue weighted by Crippen LogP contribution is 2.46.